The van der Waals surface area contributed by atoms with E-state index in [0.29, 0.717) is 0 Å². The molecule has 3 heteroatoms. The summed E-state index contributed by atoms with van der Waals surface area (Å²) in [5.74, 6) is 0. The van der Waals surface area contributed by atoms with Gasteiger partial charge in [-0.25, -0.2) is 0 Å². The third-order valence-corrected chi connectivity index (χ3v) is 2.45. The Morgan fingerprint density at radius 1 is 1.07 bits per heavy atom. The zero-order valence-corrected chi connectivity index (χ0v) is 9.03. The van der Waals surface area contributed by atoms with E-state index < -0.39 is 0 Å². The largest absolute Gasteiger partial charge is 0.399 e. The first-order valence-electron chi connectivity index (χ1n) is 4.23. The van der Waals surface area contributed by atoms with E-state index in [4.69, 9.17) is 5.73 Å². The molecule has 2 nitrogen and oxygen atoms in total. The molecule has 0 fully saturated rings. The van der Waals surface area contributed by atoms with Crippen molar-refractivity contribution in [1.29, 1.82) is 0 Å². The maximum atomic E-state index is 5.68. The Morgan fingerprint density at radius 3 is 2.43 bits per heavy atom. The summed E-state index contributed by atoms with van der Waals surface area (Å²) < 4.78 is 1.06. The van der Waals surface area contributed by atoms with Crippen LogP contribution < -0.4 is 5.73 Å². The van der Waals surface area contributed by atoms with E-state index in [0.717, 1.165) is 21.4 Å². The fraction of sp³-hybridized carbons (Fsp3) is 0. The van der Waals surface area contributed by atoms with Crippen LogP contribution in [0, 0.1) is 0 Å². The van der Waals surface area contributed by atoms with Gasteiger partial charge in [0.25, 0.3) is 0 Å². The summed E-state index contributed by atoms with van der Waals surface area (Å²) in [7, 11) is 0. The minimum atomic E-state index is 0.734. The van der Waals surface area contributed by atoms with Crippen LogP contribution in [0.2, 0.25) is 0 Å². The Hall–Kier alpha value is -1.35. The number of rotatable bonds is 1. The number of hydrogen-bond donors (Lipinski definition) is 1. The van der Waals surface area contributed by atoms with Gasteiger partial charge >= 0.3 is 0 Å². The maximum Gasteiger partial charge on any atom is 0.0722 e. The summed E-state index contributed by atoms with van der Waals surface area (Å²) >= 11 is 3.39. The minimum Gasteiger partial charge on any atom is -0.399 e. The molecule has 1 heterocycles. The molecule has 0 radical (unpaired) electrons. The molecule has 0 aliphatic rings. The Bertz CT molecular complexity index is 437. The average molecular weight is 249 g/mol. The second-order valence-electron chi connectivity index (χ2n) is 2.98. The van der Waals surface area contributed by atoms with Gasteiger partial charge in [-0.3, -0.25) is 4.98 Å². The van der Waals surface area contributed by atoms with Crippen molar-refractivity contribution < 1.29 is 0 Å². The third-order valence-electron chi connectivity index (χ3n) is 1.92. The number of nitrogen functional groups attached to an aromatic ring is 1. The smallest absolute Gasteiger partial charge is 0.0722 e. The number of halogens is 1. The number of hydrogen-bond acceptors (Lipinski definition) is 2. The Kier molecular flexibility index (Phi) is 2.50. The van der Waals surface area contributed by atoms with E-state index in [1.165, 1.54) is 0 Å². The van der Waals surface area contributed by atoms with Gasteiger partial charge < -0.3 is 5.73 Å². The van der Waals surface area contributed by atoms with Gasteiger partial charge in [-0.15, -0.1) is 0 Å². The van der Waals surface area contributed by atoms with Crippen LogP contribution in [0.15, 0.2) is 47.1 Å². The molecule has 1 aromatic carbocycles. The normalized spacial score (nSPS) is 10.1. The number of aromatic nitrogens is 1. The highest BCUT2D eigenvalue weighted by atomic mass is 79.9. The van der Waals surface area contributed by atoms with Crippen molar-refractivity contribution in [1.82, 2.24) is 4.98 Å². The van der Waals surface area contributed by atoms with E-state index in [2.05, 4.69) is 20.9 Å². The SMILES string of the molecule is Nc1ccnc(-c2ccc(Br)cc2)c1. The van der Waals surface area contributed by atoms with E-state index in [-0.39, 0.29) is 0 Å². The fourth-order valence-electron chi connectivity index (χ4n) is 1.23. The molecule has 70 valence electrons. The molecule has 2 aromatic rings. The van der Waals surface area contributed by atoms with Crippen molar-refractivity contribution in [2.75, 3.05) is 5.73 Å². The van der Waals surface area contributed by atoms with E-state index in [1.807, 2.05) is 30.3 Å². The lowest BCUT2D eigenvalue weighted by Crippen LogP contribution is -1.88. The number of pyridine rings is 1. The van der Waals surface area contributed by atoms with Crippen molar-refractivity contribution in [3.63, 3.8) is 0 Å². The molecule has 0 bridgehead atoms. The molecule has 0 aliphatic carbocycles. The molecule has 0 aliphatic heterocycles. The molecule has 0 amide bonds. The first-order chi connectivity index (χ1) is 6.75. The quantitative estimate of drug-likeness (QED) is 0.843. The van der Waals surface area contributed by atoms with Crippen LogP contribution in [-0.4, -0.2) is 4.98 Å². The summed E-state index contributed by atoms with van der Waals surface area (Å²) in [6.07, 6.45) is 1.71. The van der Waals surface area contributed by atoms with Gasteiger partial charge in [0, 0.05) is 21.9 Å². The van der Waals surface area contributed by atoms with Crippen LogP contribution in [0.1, 0.15) is 0 Å². The third kappa shape index (κ3) is 1.93. The van der Waals surface area contributed by atoms with Crippen LogP contribution >= 0.6 is 15.9 Å². The van der Waals surface area contributed by atoms with Crippen LogP contribution in [0.3, 0.4) is 0 Å². The summed E-state index contributed by atoms with van der Waals surface area (Å²) in [6.45, 7) is 0. The monoisotopic (exact) mass is 248 g/mol. The molecular weight excluding hydrogens is 240 g/mol. The summed E-state index contributed by atoms with van der Waals surface area (Å²) in [5, 5.41) is 0. The standard InChI is InChI=1S/C11H9BrN2/c12-9-3-1-8(2-4-9)11-7-10(13)5-6-14-11/h1-7H,(H2,13,14). The van der Waals surface area contributed by atoms with Gasteiger partial charge in [-0.1, -0.05) is 28.1 Å². The fourth-order valence-corrected chi connectivity index (χ4v) is 1.49. The molecule has 0 saturated heterocycles. The van der Waals surface area contributed by atoms with Gasteiger partial charge in [0.1, 0.15) is 0 Å². The Labute approximate surface area is 90.9 Å². The molecule has 0 saturated carbocycles. The molecule has 0 unspecified atom stereocenters. The lowest BCUT2D eigenvalue weighted by Gasteiger charge is -2.01. The molecule has 2 N–H and O–H groups in total. The maximum absolute atomic E-state index is 5.68. The van der Waals surface area contributed by atoms with Crippen LogP contribution in [-0.2, 0) is 0 Å². The van der Waals surface area contributed by atoms with Gasteiger partial charge in [-0.05, 0) is 24.3 Å². The predicted molar refractivity (Wildman–Crippen MR) is 61.8 cm³/mol. The second kappa shape index (κ2) is 3.80. The number of benzene rings is 1. The van der Waals surface area contributed by atoms with Gasteiger partial charge in [0.2, 0.25) is 0 Å². The summed E-state index contributed by atoms with van der Waals surface area (Å²) in [6, 6.07) is 11.6. The van der Waals surface area contributed by atoms with Crippen molar-refractivity contribution in [3.05, 3.63) is 47.1 Å². The predicted octanol–water partition coefficient (Wildman–Crippen LogP) is 3.09. The Morgan fingerprint density at radius 2 is 1.79 bits per heavy atom. The Balaban J connectivity index is 2.44. The first-order valence-corrected chi connectivity index (χ1v) is 5.02. The number of nitrogens with zero attached hydrogens (tertiary/aromatic N) is 1. The molecule has 14 heavy (non-hydrogen) atoms. The number of nitrogens with two attached hydrogens (primary N) is 1. The first kappa shape index (κ1) is 9.21. The zero-order chi connectivity index (χ0) is 9.97. The molecule has 2 rings (SSSR count). The highest BCUT2D eigenvalue weighted by Gasteiger charge is 1.98. The van der Waals surface area contributed by atoms with E-state index in [1.54, 1.807) is 12.3 Å². The zero-order valence-electron chi connectivity index (χ0n) is 7.44. The van der Waals surface area contributed by atoms with Crippen LogP contribution in [0.25, 0.3) is 11.3 Å². The van der Waals surface area contributed by atoms with Gasteiger partial charge in [0.05, 0.1) is 5.69 Å². The number of anilines is 1. The molecule has 1 aromatic heterocycles. The lowest BCUT2D eigenvalue weighted by molar-refractivity contribution is 1.33. The average Bonchev–Trinajstić information content (AvgIpc) is 2.19. The van der Waals surface area contributed by atoms with Crippen molar-refractivity contribution in [2.24, 2.45) is 0 Å². The highest BCUT2D eigenvalue weighted by Crippen LogP contribution is 2.20. The topological polar surface area (TPSA) is 38.9 Å². The van der Waals surface area contributed by atoms with Crippen molar-refractivity contribution >= 4 is 21.6 Å². The highest BCUT2D eigenvalue weighted by molar-refractivity contribution is 9.10. The molecular formula is C11H9BrN2. The second-order valence-corrected chi connectivity index (χ2v) is 3.90. The van der Waals surface area contributed by atoms with Crippen LogP contribution in [0.5, 0.6) is 0 Å². The van der Waals surface area contributed by atoms with E-state index >= 15 is 0 Å². The van der Waals surface area contributed by atoms with Crippen LogP contribution in [0.4, 0.5) is 5.69 Å². The summed E-state index contributed by atoms with van der Waals surface area (Å²) in [4.78, 5) is 4.24. The summed E-state index contributed by atoms with van der Waals surface area (Å²) in [5.41, 5.74) is 8.38. The molecule has 0 atom stereocenters. The van der Waals surface area contributed by atoms with Gasteiger partial charge in [0.15, 0.2) is 0 Å². The van der Waals surface area contributed by atoms with E-state index in [9.17, 15) is 0 Å². The van der Waals surface area contributed by atoms with Crippen molar-refractivity contribution in [3.8, 4) is 11.3 Å². The van der Waals surface area contributed by atoms with Gasteiger partial charge in [-0.2, -0.15) is 0 Å². The lowest BCUT2D eigenvalue weighted by atomic mass is 10.1. The van der Waals surface area contributed by atoms with Crippen molar-refractivity contribution in [2.45, 2.75) is 0 Å². The molecule has 0 spiro atoms. The minimum absolute atomic E-state index is 0.734.